The second kappa shape index (κ2) is 5.35. The fraction of sp³-hybridized carbons (Fsp3) is 0.300. The fourth-order valence-electron chi connectivity index (χ4n) is 0.881. The van der Waals surface area contributed by atoms with Crippen LogP contribution in [0.5, 0.6) is 0 Å². The van der Waals surface area contributed by atoms with Crippen LogP contribution in [0.4, 0.5) is 0 Å². The molecule has 0 atom stereocenters. The molecule has 0 saturated heterocycles. The van der Waals surface area contributed by atoms with Crippen molar-refractivity contribution in [2.24, 2.45) is 4.99 Å². The van der Waals surface area contributed by atoms with Gasteiger partial charge >= 0.3 is 0 Å². The first kappa shape index (κ1) is 8.78. The Morgan fingerprint density at radius 2 is 2.17 bits per heavy atom. The van der Waals surface area contributed by atoms with Gasteiger partial charge in [0.25, 0.3) is 0 Å². The Morgan fingerprint density at radius 1 is 1.25 bits per heavy atom. The molecule has 1 aliphatic heterocycles. The zero-order valence-electron chi connectivity index (χ0n) is 7.23. The van der Waals surface area contributed by atoms with E-state index in [4.69, 9.17) is 4.74 Å². The topological polar surface area (TPSA) is 21.6 Å². The zero-order valence-corrected chi connectivity index (χ0v) is 7.23. The van der Waals surface area contributed by atoms with Gasteiger partial charge in [-0.1, -0.05) is 24.3 Å². The molecule has 0 N–H and O–H groups in total. The van der Waals surface area contributed by atoms with Gasteiger partial charge in [0.1, 0.15) is 0 Å². The van der Waals surface area contributed by atoms with E-state index in [0.717, 1.165) is 18.7 Å². The van der Waals surface area contributed by atoms with Gasteiger partial charge in [-0.3, -0.25) is 0 Å². The van der Waals surface area contributed by atoms with Crippen LogP contribution in [0.1, 0.15) is 12.8 Å². The summed E-state index contributed by atoms with van der Waals surface area (Å²) in [7, 11) is 1.64. The summed E-state index contributed by atoms with van der Waals surface area (Å²) in [5.74, 6) is 0.748. The number of nitrogens with zero attached hydrogens (tertiary/aromatic N) is 1. The van der Waals surface area contributed by atoms with Crippen molar-refractivity contribution >= 4 is 5.90 Å². The smallest absolute Gasteiger partial charge is 0.191 e. The first-order chi connectivity index (χ1) is 5.93. The minimum Gasteiger partial charge on any atom is -0.484 e. The Bertz CT molecular complexity index is 236. The summed E-state index contributed by atoms with van der Waals surface area (Å²) < 4.78 is 5.05. The molecule has 0 spiro atoms. The minimum atomic E-state index is 0.748. The van der Waals surface area contributed by atoms with Crippen LogP contribution in [0, 0.1) is 0 Å². The predicted octanol–water partition coefficient (Wildman–Crippen LogP) is 2.45. The highest BCUT2D eigenvalue weighted by Gasteiger charge is 1.91. The van der Waals surface area contributed by atoms with Crippen molar-refractivity contribution in [3.05, 3.63) is 36.6 Å². The molecule has 0 aromatic rings. The van der Waals surface area contributed by atoms with E-state index < -0.39 is 0 Å². The van der Waals surface area contributed by atoms with Gasteiger partial charge < -0.3 is 4.74 Å². The van der Waals surface area contributed by atoms with Crippen LogP contribution in [0.3, 0.4) is 0 Å². The van der Waals surface area contributed by atoms with Crippen molar-refractivity contribution in [1.29, 1.82) is 0 Å². The van der Waals surface area contributed by atoms with Gasteiger partial charge in [-0.2, -0.15) is 0 Å². The number of allylic oxidation sites excluding steroid dienone is 4. The lowest BCUT2D eigenvalue weighted by atomic mass is 10.3. The molecule has 0 aromatic carbocycles. The van der Waals surface area contributed by atoms with E-state index in [0.29, 0.717) is 0 Å². The van der Waals surface area contributed by atoms with E-state index in [1.807, 2.05) is 12.2 Å². The van der Waals surface area contributed by atoms with E-state index in [9.17, 15) is 0 Å². The number of ether oxygens (including phenoxy) is 1. The average Bonchev–Trinajstić information content (AvgIpc) is 2.14. The maximum absolute atomic E-state index is 5.05. The maximum Gasteiger partial charge on any atom is 0.191 e. The third-order valence-corrected chi connectivity index (χ3v) is 1.52. The largest absolute Gasteiger partial charge is 0.484 e. The Hall–Kier alpha value is -1.31. The summed E-state index contributed by atoms with van der Waals surface area (Å²) in [6, 6.07) is 0. The lowest BCUT2D eigenvalue weighted by Gasteiger charge is -1.99. The molecule has 2 nitrogen and oxygen atoms in total. The average molecular weight is 163 g/mol. The Kier molecular flexibility index (Phi) is 3.92. The summed E-state index contributed by atoms with van der Waals surface area (Å²) in [5.41, 5.74) is 0. The van der Waals surface area contributed by atoms with Crippen LogP contribution < -0.4 is 0 Å². The second-order valence-electron chi connectivity index (χ2n) is 2.41. The molecular formula is C10H13NO. The maximum atomic E-state index is 5.05. The van der Waals surface area contributed by atoms with Crippen molar-refractivity contribution in [2.45, 2.75) is 12.8 Å². The molecule has 2 heteroatoms. The zero-order chi connectivity index (χ0) is 8.65. The summed E-state index contributed by atoms with van der Waals surface area (Å²) >= 11 is 0. The molecule has 0 bridgehead atoms. The lowest BCUT2D eigenvalue weighted by Crippen LogP contribution is -1.98. The van der Waals surface area contributed by atoms with Crippen LogP contribution >= 0.6 is 0 Å². The first-order valence-corrected chi connectivity index (χ1v) is 4.01. The molecule has 0 saturated carbocycles. The normalized spacial score (nSPS) is 25.2. The van der Waals surface area contributed by atoms with Crippen LogP contribution in [0.15, 0.2) is 41.6 Å². The molecule has 0 aliphatic carbocycles. The summed E-state index contributed by atoms with van der Waals surface area (Å²) in [5, 5.41) is 0. The highest BCUT2D eigenvalue weighted by Crippen LogP contribution is 1.97. The summed E-state index contributed by atoms with van der Waals surface area (Å²) in [4.78, 5) is 4.11. The third kappa shape index (κ3) is 3.19. The number of rotatable bonds is 0. The van der Waals surface area contributed by atoms with Crippen LogP contribution in [0.25, 0.3) is 0 Å². The molecule has 1 heterocycles. The van der Waals surface area contributed by atoms with Crippen molar-refractivity contribution in [3.63, 3.8) is 0 Å². The number of hydrogen-bond acceptors (Lipinski definition) is 2. The van der Waals surface area contributed by atoms with Gasteiger partial charge in [0, 0.05) is 12.6 Å². The second-order valence-corrected chi connectivity index (χ2v) is 2.41. The molecule has 0 amide bonds. The minimum absolute atomic E-state index is 0.748. The molecule has 1 aliphatic rings. The monoisotopic (exact) mass is 163 g/mol. The molecule has 0 unspecified atom stereocenters. The van der Waals surface area contributed by atoms with Crippen LogP contribution in [-0.4, -0.2) is 13.0 Å². The molecule has 0 fully saturated rings. The van der Waals surface area contributed by atoms with Gasteiger partial charge in [0.05, 0.1) is 7.11 Å². The highest BCUT2D eigenvalue weighted by molar-refractivity contribution is 5.78. The van der Waals surface area contributed by atoms with E-state index in [-0.39, 0.29) is 0 Å². The van der Waals surface area contributed by atoms with E-state index in [2.05, 4.69) is 23.2 Å². The third-order valence-electron chi connectivity index (χ3n) is 1.52. The molecule has 12 heavy (non-hydrogen) atoms. The Labute approximate surface area is 73.0 Å². The number of methoxy groups -OCH3 is 1. The van der Waals surface area contributed by atoms with Gasteiger partial charge in [-0.05, 0) is 12.5 Å². The molecule has 1 rings (SSSR count). The first-order valence-electron chi connectivity index (χ1n) is 4.01. The van der Waals surface area contributed by atoms with E-state index >= 15 is 0 Å². The Balaban J connectivity index is 2.66. The van der Waals surface area contributed by atoms with Gasteiger partial charge in [-0.25, -0.2) is 4.99 Å². The van der Waals surface area contributed by atoms with E-state index in [1.54, 1.807) is 13.3 Å². The SMILES string of the molecule is COC1=N/C=C\C=C\C/C=C\C1. The van der Waals surface area contributed by atoms with Gasteiger partial charge in [0.2, 0.25) is 0 Å². The standard InChI is InChI=1S/C10H13NO/c1-12-10-8-6-4-2-3-5-7-9-11-10/h3-7,9H,2,8H2,1H3/b5-3+,6-4-,9-7-,11-10?. The lowest BCUT2D eigenvalue weighted by molar-refractivity contribution is 0.395. The predicted molar refractivity (Wildman–Crippen MR) is 51.1 cm³/mol. The molecular weight excluding hydrogens is 150 g/mol. The molecule has 0 aromatic heterocycles. The summed E-state index contributed by atoms with van der Waals surface area (Å²) in [6.07, 6.45) is 13.6. The summed E-state index contributed by atoms with van der Waals surface area (Å²) in [6.45, 7) is 0. The number of aliphatic imine (C=N–C) groups is 1. The van der Waals surface area contributed by atoms with E-state index in [1.165, 1.54) is 0 Å². The van der Waals surface area contributed by atoms with Crippen molar-refractivity contribution in [3.8, 4) is 0 Å². The fourth-order valence-corrected chi connectivity index (χ4v) is 0.881. The highest BCUT2D eigenvalue weighted by atomic mass is 16.5. The van der Waals surface area contributed by atoms with Gasteiger partial charge in [-0.15, -0.1) is 0 Å². The number of hydrogen-bond donors (Lipinski definition) is 0. The van der Waals surface area contributed by atoms with Crippen LogP contribution in [0.2, 0.25) is 0 Å². The molecule has 64 valence electrons. The van der Waals surface area contributed by atoms with Crippen molar-refractivity contribution in [2.75, 3.05) is 7.11 Å². The van der Waals surface area contributed by atoms with Crippen molar-refractivity contribution < 1.29 is 4.74 Å². The van der Waals surface area contributed by atoms with Crippen molar-refractivity contribution in [1.82, 2.24) is 0 Å². The Morgan fingerprint density at radius 3 is 3.00 bits per heavy atom. The van der Waals surface area contributed by atoms with Gasteiger partial charge in [0.15, 0.2) is 5.90 Å². The van der Waals surface area contributed by atoms with Crippen LogP contribution in [-0.2, 0) is 4.74 Å². The quantitative estimate of drug-likeness (QED) is 0.503. The molecule has 0 radical (unpaired) electrons.